The number of phenols is 1. The number of benzene rings is 1. The summed E-state index contributed by atoms with van der Waals surface area (Å²) in [4.78, 5) is 2.48. The zero-order valence-corrected chi connectivity index (χ0v) is 20.4. The second-order valence-corrected chi connectivity index (χ2v) is 13.3. The van der Waals surface area contributed by atoms with E-state index in [1.54, 1.807) is 10.4 Å². The Bertz CT molecular complexity index is 1040. The Morgan fingerprint density at radius 1 is 1.19 bits per heavy atom. The first-order chi connectivity index (χ1) is 15.1. The second kappa shape index (κ2) is 9.19. The molecule has 32 heavy (non-hydrogen) atoms. The zero-order valence-electron chi connectivity index (χ0n) is 18.8. The molecule has 0 unspecified atom stereocenters. The molecule has 3 aliphatic heterocycles. The van der Waals surface area contributed by atoms with E-state index >= 15 is 0 Å². The first-order valence-corrected chi connectivity index (χ1v) is 14.4. The molecule has 0 aliphatic carbocycles. The Balaban J connectivity index is 1.45. The highest BCUT2D eigenvalue weighted by atomic mass is 32.2. The highest BCUT2D eigenvalue weighted by Crippen LogP contribution is 2.44. The molecule has 2 N–H and O–H groups in total. The third kappa shape index (κ3) is 4.83. The van der Waals surface area contributed by atoms with Crippen LogP contribution >= 0.6 is 0 Å². The van der Waals surface area contributed by atoms with Crippen molar-refractivity contribution < 1.29 is 21.9 Å². The van der Waals surface area contributed by atoms with Crippen molar-refractivity contribution >= 4 is 20.2 Å². The van der Waals surface area contributed by atoms with Gasteiger partial charge in [0.2, 0.25) is 10.0 Å². The molecule has 11 heteroatoms. The van der Waals surface area contributed by atoms with Crippen LogP contribution in [0.1, 0.15) is 42.9 Å². The molecule has 0 aromatic heterocycles. The molecule has 3 aliphatic rings. The van der Waals surface area contributed by atoms with Crippen molar-refractivity contribution in [3.63, 3.8) is 0 Å². The maximum atomic E-state index is 13.2. The molecular formula is C21H34N4O5S2. The van der Waals surface area contributed by atoms with Gasteiger partial charge in [-0.1, -0.05) is 6.07 Å². The molecule has 0 radical (unpaired) electrons. The number of phenolic OH excluding ortho intramolecular Hbond substituents is 1. The molecule has 2 saturated heterocycles. The summed E-state index contributed by atoms with van der Waals surface area (Å²) in [7, 11) is -4.17. The molecule has 0 amide bonds. The van der Waals surface area contributed by atoms with Crippen LogP contribution in [-0.4, -0.2) is 87.5 Å². The number of hydrogen-bond acceptors (Lipinski definition) is 6. The fraction of sp³-hybridized carbons (Fsp3) is 0.714. The standard InChI is InChI=1S/C21H34N4O5S2/c1-23(2)32(29,30)22-9-4-12-31(27,28)25-10-3-5-17-15-24-11-8-16-13-18(26)6-7-19(16)21(24)14-20(17)25/h6-7,13,17,20-22,26H,3-5,8-12,14-15H2,1-2H3/t17-,20+,21+/m1/s1. The van der Waals surface area contributed by atoms with Crippen LogP contribution in [0.3, 0.4) is 0 Å². The summed E-state index contributed by atoms with van der Waals surface area (Å²) in [5, 5.41) is 9.86. The summed E-state index contributed by atoms with van der Waals surface area (Å²) < 4.78 is 55.4. The molecule has 9 nitrogen and oxygen atoms in total. The molecule has 3 atom stereocenters. The van der Waals surface area contributed by atoms with Crippen molar-refractivity contribution in [2.45, 2.75) is 44.2 Å². The Morgan fingerprint density at radius 3 is 2.72 bits per heavy atom. The highest BCUT2D eigenvalue weighted by molar-refractivity contribution is 7.89. The lowest BCUT2D eigenvalue weighted by Gasteiger charge is -2.51. The van der Waals surface area contributed by atoms with Crippen molar-refractivity contribution in [2.24, 2.45) is 5.92 Å². The highest BCUT2D eigenvalue weighted by Gasteiger charge is 2.45. The van der Waals surface area contributed by atoms with Gasteiger partial charge in [-0.2, -0.15) is 17.0 Å². The molecule has 1 aromatic rings. The quantitative estimate of drug-likeness (QED) is 0.554. The van der Waals surface area contributed by atoms with E-state index in [-0.39, 0.29) is 36.6 Å². The summed E-state index contributed by atoms with van der Waals surface area (Å²) in [6.45, 7) is 2.45. The monoisotopic (exact) mass is 486 g/mol. The van der Waals surface area contributed by atoms with Crippen molar-refractivity contribution in [2.75, 3.05) is 46.0 Å². The number of aromatic hydroxyl groups is 1. The van der Waals surface area contributed by atoms with E-state index in [2.05, 4.69) is 9.62 Å². The van der Waals surface area contributed by atoms with E-state index in [9.17, 15) is 21.9 Å². The van der Waals surface area contributed by atoms with Crippen LogP contribution in [0, 0.1) is 5.92 Å². The molecule has 3 heterocycles. The SMILES string of the molecule is CN(C)S(=O)(=O)NCCCS(=O)(=O)N1CCC[C@@H]2CN3CCc4cc(O)ccc4[C@@H]3C[C@@H]21. The summed E-state index contributed by atoms with van der Waals surface area (Å²) in [5.74, 6) is 0.531. The smallest absolute Gasteiger partial charge is 0.278 e. The van der Waals surface area contributed by atoms with Crippen LogP contribution in [0.15, 0.2) is 18.2 Å². The van der Waals surface area contributed by atoms with Crippen molar-refractivity contribution in [1.82, 2.24) is 18.2 Å². The third-order valence-corrected chi connectivity index (χ3v) is 10.6. The van der Waals surface area contributed by atoms with Crippen LogP contribution in [0.2, 0.25) is 0 Å². The van der Waals surface area contributed by atoms with Crippen molar-refractivity contribution in [3.05, 3.63) is 29.3 Å². The van der Waals surface area contributed by atoms with E-state index in [0.717, 1.165) is 48.6 Å². The number of nitrogens with one attached hydrogen (secondary N) is 1. The number of sulfonamides is 1. The van der Waals surface area contributed by atoms with Crippen LogP contribution < -0.4 is 4.72 Å². The number of rotatable bonds is 7. The third-order valence-electron chi connectivity index (χ3n) is 7.10. The van der Waals surface area contributed by atoms with Gasteiger partial charge < -0.3 is 5.11 Å². The lowest BCUT2D eigenvalue weighted by molar-refractivity contribution is 0.0219. The van der Waals surface area contributed by atoms with E-state index in [4.69, 9.17) is 0 Å². The van der Waals surface area contributed by atoms with Gasteiger partial charge in [0.1, 0.15) is 5.75 Å². The van der Waals surface area contributed by atoms with E-state index in [1.165, 1.54) is 19.7 Å². The first kappa shape index (κ1) is 23.9. The first-order valence-electron chi connectivity index (χ1n) is 11.3. The van der Waals surface area contributed by atoms with E-state index in [0.29, 0.717) is 12.5 Å². The lowest BCUT2D eigenvalue weighted by atomic mass is 9.77. The average molecular weight is 487 g/mol. The molecule has 0 spiro atoms. The normalized spacial score (nSPS) is 27.0. The van der Waals surface area contributed by atoms with Gasteiger partial charge in [-0.3, -0.25) is 4.90 Å². The molecular weight excluding hydrogens is 452 g/mol. The van der Waals surface area contributed by atoms with Crippen molar-refractivity contribution in [1.29, 1.82) is 0 Å². The van der Waals surface area contributed by atoms with E-state index in [1.807, 2.05) is 12.1 Å². The summed E-state index contributed by atoms with van der Waals surface area (Å²) in [6, 6.07) is 5.68. The number of piperidine rings is 2. The largest absolute Gasteiger partial charge is 0.508 e. The number of fused-ring (bicyclic) bond motifs is 4. The average Bonchev–Trinajstić information content (AvgIpc) is 2.74. The second-order valence-electron chi connectivity index (χ2n) is 9.31. The Kier molecular flexibility index (Phi) is 6.86. The van der Waals surface area contributed by atoms with Gasteiger partial charge in [-0.25, -0.2) is 13.1 Å². The Morgan fingerprint density at radius 2 is 1.97 bits per heavy atom. The minimum Gasteiger partial charge on any atom is -0.508 e. The van der Waals surface area contributed by atoms with Gasteiger partial charge in [-0.05, 0) is 61.3 Å². The predicted molar refractivity (Wildman–Crippen MR) is 123 cm³/mol. The number of hydrogen-bond donors (Lipinski definition) is 2. The van der Waals surface area contributed by atoms with Gasteiger partial charge in [0.05, 0.1) is 5.75 Å². The van der Waals surface area contributed by atoms with Gasteiger partial charge in [-0.15, -0.1) is 0 Å². The minimum absolute atomic E-state index is 0.0341. The fourth-order valence-electron chi connectivity index (χ4n) is 5.45. The molecule has 180 valence electrons. The van der Waals surface area contributed by atoms with Crippen molar-refractivity contribution in [3.8, 4) is 5.75 Å². The maximum absolute atomic E-state index is 13.2. The van der Waals surface area contributed by atoms with Gasteiger partial charge >= 0.3 is 0 Å². The summed E-state index contributed by atoms with van der Waals surface area (Å²) in [6.07, 6.45) is 3.79. The van der Waals surface area contributed by atoms with Gasteiger partial charge in [0.15, 0.2) is 0 Å². The lowest BCUT2D eigenvalue weighted by Crippen LogP contribution is -2.57. The summed E-state index contributed by atoms with van der Waals surface area (Å²) in [5.41, 5.74) is 2.36. The minimum atomic E-state index is -3.55. The molecule has 1 aromatic carbocycles. The molecule has 0 bridgehead atoms. The summed E-state index contributed by atoms with van der Waals surface area (Å²) >= 11 is 0. The van der Waals surface area contributed by atoms with Crippen LogP contribution in [0.5, 0.6) is 5.75 Å². The van der Waals surface area contributed by atoms with Crippen LogP contribution in [0.25, 0.3) is 0 Å². The zero-order chi connectivity index (χ0) is 23.1. The van der Waals surface area contributed by atoms with Crippen LogP contribution in [0.4, 0.5) is 0 Å². The molecule has 0 saturated carbocycles. The van der Waals surface area contributed by atoms with Gasteiger partial charge in [0, 0.05) is 52.4 Å². The number of nitrogens with zero attached hydrogens (tertiary/aromatic N) is 3. The maximum Gasteiger partial charge on any atom is 0.278 e. The molecule has 2 fully saturated rings. The topological polar surface area (TPSA) is 110 Å². The Labute approximate surface area is 191 Å². The Hall–Kier alpha value is -1.24. The fourth-order valence-corrected chi connectivity index (χ4v) is 7.93. The van der Waals surface area contributed by atoms with Crippen LogP contribution in [-0.2, 0) is 26.7 Å². The van der Waals surface area contributed by atoms with Gasteiger partial charge in [0.25, 0.3) is 10.2 Å². The molecule has 4 rings (SSSR count). The predicted octanol–water partition coefficient (Wildman–Crippen LogP) is 0.892. The van der Waals surface area contributed by atoms with E-state index < -0.39 is 20.2 Å².